The second-order valence-electron chi connectivity index (χ2n) is 5.52. The topological polar surface area (TPSA) is 64.6 Å². The van der Waals surface area contributed by atoms with E-state index in [2.05, 4.69) is 10.1 Å². The minimum Gasteiger partial charge on any atom is -0.492 e. The standard InChI is InChI=1S/C18H16ClNO4/c1-23-18(22)11-2-5-15(6-3-11)20-17(21)13-8-12-9-14(19)4-7-16(12)24-10-13/h2-7,9,13H,8,10H2,1H3,(H,20,21). The molecule has 1 aliphatic heterocycles. The number of benzene rings is 2. The second-order valence-corrected chi connectivity index (χ2v) is 5.96. The van der Waals surface area contributed by atoms with E-state index in [9.17, 15) is 9.59 Å². The minimum absolute atomic E-state index is 0.133. The summed E-state index contributed by atoms with van der Waals surface area (Å²) in [5.41, 5.74) is 1.97. The van der Waals surface area contributed by atoms with Gasteiger partial charge in [-0.1, -0.05) is 11.6 Å². The lowest BCUT2D eigenvalue weighted by Crippen LogP contribution is -2.32. The molecule has 0 bridgehead atoms. The molecule has 124 valence electrons. The molecule has 24 heavy (non-hydrogen) atoms. The first-order valence-corrected chi connectivity index (χ1v) is 7.85. The zero-order valence-electron chi connectivity index (χ0n) is 13.0. The molecule has 2 aromatic carbocycles. The number of rotatable bonds is 3. The van der Waals surface area contributed by atoms with Gasteiger partial charge in [-0.25, -0.2) is 4.79 Å². The van der Waals surface area contributed by atoms with Gasteiger partial charge in [-0.2, -0.15) is 0 Å². The first-order valence-electron chi connectivity index (χ1n) is 7.47. The molecule has 1 aliphatic rings. The van der Waals surface area contributed by atoms with Crippen LogP contribution in [0, 0.1) is 5.92 Å². The largest absolute Gasteiger partial charge is 0.492 e. The third kappa shape index (κ3) is 3.51. The Labute approximate surface area is 144 Å². The summed E-state index contributed by atoms with van der Waals surface area (Å²) >= 11 is 5.99. The van der Waals surface area contributed by atoms with Crippen molar-refractivity contribution in [3.8, 4) is 5.75 Å². The molecule has 0 saturated carbocycles. The summed E-state index contributed by atoms with van der Waals surface area (Å²) in [7, 11) is 1.32. The quantitative estimate of drug-likeness (QED) is 0.867. The lowest BCUT2D eigenvalue weighted by molar-refractivity contribution is -0.121. The van der Waals surface area contributed by atoms with Crippen molar-refractivity contribution in [2.45, 2.75) is 6.42 Å². The number of anilines is 1. The molecule has 3 rings (SSSR count). The Morgan fingerprint density at radius 3 is 2.67 bits per heavy atom. The smallest absolute Gasteiger partial charge is 0.337 e. The van der Waals surface area contributed by atoms with Gasteiger partial charge in [0.05, 0.1) is 18.6 Å². The molecule has 1 atom stereocenters. The van der Waals surface area contributed by atoms with Crippen LogP contribution in [0.25, 0.3) is 0 Å². The number of nitrogens with one attached hydrogen (secondary N) is 1. The van der Waals surface area contributed by atoms with Gasteiger partial charge in [-0.05, 0) is 54.4 Å². The summed E-state index contributed by atoms with van der Waals surface area (Å²) < 4.78 is 10.3. The summed E-state index contributed by atoms with van der Waals surface area (Å²) in [4.78, 5) is 23.8. The molecule has 0 radical (unpaired) electrons. The Morgan fingerprint density at radius 2 is 1.96 bits per heavy atom. The molecule has 1 unspecified atom stereocenters. The lowest BCUT2D eigenvalue weighted by Gasteiger charge is -2.24. The normalized spacial score (nSPS) is 15.8. The first-order chi connectivity index (χ1) is 11.6. The fourth-order valence-corrected chi connectivity index (χ4v) is 2.78. The van der Waals surface area contributed by atoms with E-state index >= 15 is 0 Å². The Kier molecular flexibility index (Phi) is 4.71. The van der Waals surface area contributed by atoms with Crippen LogP contribution in [0.4, 0.5) is 5.69 Å². The average molecular weight is 346 g/mol. The monoisotopic (exact) mass is 345 g/mol. The van der Waals surface area contributed by atoms with Crippen molar-refractivity contribution < 1.29 is 19.1 Å². The van der Waals surface area contributed by atoms with E-state index < -0.39 is 5.97 Å². The minimum atomic E-state index is -0.415. The molecule has 1 heterocycles. The molecule has 2 aromatic rings. The van der Waals surface area contributed by atoms with E-state index in [4.69, 9.17) is 16.3 Å². The average Bonchev–Trinajstić information content (AvgIpc) is 2.61. The van der Waals surface area contributed by atoms with Crippen molar-refractivity contribution in [1.29, 1.82) is 0 Å². The number of methoxy groups -OCH3 is 1. The van der Waals surface area contributed by atoms with E-state index in [0.29, 0.717) is 29.3 Å². The Morgan fingerprint density at radius 1 is 1.21 bits per heavy atom. The summed E-state index contributed by atoms with van der Waals surface area (Å²) in [5, 5.41) is 3.46. The maximum atomic E-state index is 12.4. The fourth-order valence-electron chi connectivity index (χ4n) is 2.58. The zero-order valence-corrected chi connectivity index (χ0v) is 13.8. The number of halogens is 1. The molecule has 0 aromatic heterocycles. The van der Waals surface area contributed by atoms with Crippen molar-refractivity contribution in [2.24, 2.45) is 5.92 Å². The molecule has 5 nitrogen and oxygen atoms in total. The summed E-state index contributed by atoms with van der Waals surface area (Å²) in [6.45, 7) is 0.320. The number of fused-ring (bicyclic) bond motifs is 1. The molecule has 0 fully saturated rings. The van der Waals surface area contributed by atoms with Crippen LogP contribution in [0.1, 0.15) is 15.9 Å². The predicted molar refractivity (Wildman–Crippen MR) is 90.6 cm³/mol. The lowest BCUT2D eigenvalue weighted by atomic mass is 9.96. The Bertz CT molecular complexity index is 773. The third-order valence-corrected chi connectivity index (χ3v) is 4.11. The molecular weight excluding hydrogens is 330 g/mol. The van der Waals surface area contributed by atoms with E-state index in [1.54, 1.807) is 30.3 Å². The van der Waals surface area contributed by atoms with Crippen molar-refractivity contribution in [2.75, 3.05) is 19.0 Å². The maximum Gasteiger partial charge on any atom is 0.337 e. The van der Waals surface area contributed by atoms with Gasteiger partial charge in [0.15, 0.2) is 0 Å². The highest BCUT2D eigenvalue weighted by atomic mass is 35.5. The van der Waals surface area contributed by atoms with Gasteiger partial charge in [0, 0.05) is 10.7 Å². The van der Waals surface area contributed by atoms with E-state index in [0.717, 1.165) is 11.3 Å². The van der Waals surface area contributed by atoms with Crippen LogP contribution < -0.4 is 10.1 Å². The van der Waals surface area contributed by atoms with Crippen molar-refractivity contribution in [3.05, 3.63) is 58.6 Å². The Balaban J connectivity index is 1.66. The number of carbonyl (C=O) groups is 2. The van der Waals surface area contributed by atoms with Crippen molar-refractivity contribution in [1.82, 2.24) is 0 Å². The van der Waals surface area contributed by atoms with Crippen molar-refractivity contribution in [3.63, 3.8) is 0 Å². The van der Waals surface area contributed by atoms with Gasteiger partial charge >= 0.3 is 5.97 Å². The molecular formula is C18H16ClNO4. The van der Waals surface area contributed by atoms with Gasteiger partial charge in [-0.3, -0.25) is 4.79 Å². The van der Waals surface area contributed by atoms with Gasteiger partial charge in [0.25, 0.3) is 0 Å². The number of ether oxygens (including phenoxy) is 2. The van der Waals surface area contributed by atoms with Crippen LogP contribution >= 0.6 is 11.6 Å². The Hall–Kier alpha value is -2.53. The van der Waals surface area contributed by atoms with Crippen LogP contribution in [0.15, 0.2) is 42.5 Å². The molecule has 6 heteroatoms. The number of esters is 1. The van der Waals surface area contributed by atoms with Crippen molar-refractivity contribution >= 4 is 29.2 Å². The van der Waals surface area contributed by atoms with Gasteiger partial charge in [-0.15, -0.1) is 0 Å². The van der Waals surface area contributed by atoms with Crippen LogP contribution in [0.5, 0.6) is 5.75 Å². The maximum absolute atomic E-state index is 12.4. The zero-order chi connectivity index (χ0) is 17.1. The highest BCUT2D eigenvalue weighted by Crippen LogP contribution is 2.30. The summed E-state index contributed by atoms with van der Waals surface area (Å²) in [6, 6.07) is 11.9. The predicted octanol–water partition coefficient (Wildman–Crippen LogP) is 3.32. The van der Waals surface area contributed by atoms with Crippen LogP contribution in [-0.4, -0.2) is 25.6 Å². The highest BCUT2D eigenvalue weighted by Gasteiger charge is 2.26. The number of hydrogen-bond acceptors (Lipinski definition) is 4. The van der Waals surface area contributed by atoms with E-state index in [1.807, 2.05) is 12.1 Å². The third-order valence-electron chi connectivity index (χ3n) is 3.87. The second kappa shape index (κ2) is 6.93. The fraction of sp³-hybridized carbons (Fsp3) is 0.222. The van der Waals surface area contributed by atoms with Gasteiger partial charge < -0.3 is 14.8 Å². The summed E-state index contributed by atoms with van der Waals surface area (Å²) in [6.07, 6.45) is 0.571. The highest BCUT2D eigenvalue weighted by molar-refractivity contribution is 6.30. The molecule has 1 N–H and O–H groups in total. The summed E-state index contributed by atoms with van der Waals surface area (Å²) in [5.74, 6) is -0.0735. The molecule has 0 aliphatic carbocycles. The van der Waals surface area contributed by atoms with Crippen LogP contribution in [0.3, 0.4) is 0 Å². The first kappa shape index (κ1) is 16.3. The molecule has 0 spiro atoms. The number of carbonyl (C=O) groups excluding carboxylic acids is 2. The number of hydrogen-bond donors (Lipinski definition) is 1. The van der Waals surface area contributed by atoms with Crippen LogP contribution in [0.2, 0.25) is 5.02 Å². The number of amides is 1. The van der Waals surface area contributed by atoms with E-state index in [-0.39, 0.29) is 11.8 Å². The van der Waals surface area contributed by atoms with E-state index in [1.165, 1.54) is 7.11 Å². The van der Waals surface area contributed by atoms with Gasteiger partial charge in [0.1, 0.15) is 12.4 Å². The molecule has 1 amide bonds. The SMILES string of the molecule is COC(=O)c1ccc(NC(=O)C2COc3ccc(Cl)cc3C2)cc1. The molecule has 0 saturated heterocycles. The van der Waals surface area contributed by atoms with Crippen LogP contribution in [-0.2, 0) is 16.0 Å². The van der Waals surface area contributed by atoms with Gasteiger partial charge in [0.2, 0.25) is 5.91 Å².